The first-order chi connectivity index (χ1) is 10.9. The average Bonchev–Trinajstić information content (AvgIpc) is 2.54. The van der Waals surface area contributed by atoms with Crippen LogP contribution in [0.4, 0.5) is 0 Å². The Labute approximate surface area is 138 Å². The monoisotopic (exact) mass is 331 g/mol. The van der Waals surface area contributed by atoms with Gasteiger partial charge in [-0.3, -0.25) is 0 Å². The fourth-order valence-electron chi connectivity index (χ4n) is 2.19. The first-order valence-corrected chi connectivity index (χ1v) is 9.06. The Kier molecular flexibility index (Phi) is 5.58. The summed E-state index contributed by atoms with van der Waals surface area (Å²) < 4.78 is 30.7. The van der Waals surface area contributed by atoms with E-state index in [-0.39, 0.29) is 0 Å². The smallest absolute Gasteiger partial charge is 0.211 e. The van der Waals surface area contributed by atoms with Crippen molar-refractivity contribution in [1.82, 2.24) is 4.31 Å². The number of rotatable bonds is 7. The van der Waals surface area contributed by atoms with Gasteiger partial charge in [-0.05, 0) is 28.8 Å². The number of sulfonamides is 1. The molecule has 4 nitrogen and oxygen atoms in total. The van der Waals surface area contributed by atoms with Gasteiger partial charge < -0.3 is 4.74 Å². The maximum absolute atomic E-state index is 12.1. The van der Waals surface area contributed by atoms with E-state index in [2.05, 4.69) is 6.58 Å². The Bertz CT molecular complexity index is 750. The molecule has 0 atom stereocenters. The van der Waals surface area contributed by atoms with E-state index in [0.717, 1.165) is 22.4 Å². The van der Waals surface area contributed by atoms with E-state index in [0.29, 0.717) is 13.1 Å². The van der Waals surface area contributed by atoms with Crippen LogP contribution in [0.5, 0.6) is 5.75 Å². The number of methoxy groups -OCH3 is 1. The Balaban J connectivity index is 2.17. The Morgan fingerprint density at radius 3 is 1.87 bits per heavy atom. The molecule has 5 heteroatoms. The molecule has 0 radical (unpaired) electrons. The SMILES string of the molecule is C=Cc1ccc(CN(Cc2ccc(OC)cc2)S(C)(=O)=O)cc1. The second-order valence-electron chi connectivity index (χ2n) is 5.32. The van der Waals surface area contributed by atoms with E-state index in [4.69, 9.17) is 4.74 Å². The highest BCUT2D eigenvalue weighted by Crippen LogP contribution is 2.17. The molecule has 2 rings (SSSR count). The Hall–Kier alpha value is -2.11. The molecule has 0 aliphatic carbocycles. The highest BCUT2D eigenvalue weighted by Gasteiger charge is 2.17. The summed E-state index contributed by atoms with van der Waals surface area (Å²) in [5.41, 5.74) is 2.86. The number of hydrogen-bond acceptors (Lipinski definition) is 3. The number of ether oxygens (including phenoxy) is 1. The highest BCUT2D eigenvalue weighted by atomic mass is 32.2. The Morgan fingerprint density at radius 2 is 1.48 bits per heavy atom. The van der Waals surface area contributed by atoms with Gasteiger partial charge >= 0.3 is 0 Å². The summed E-state index contributed by atoms with van der Waals surface area (Å²) in [4.78, 5) is 0. The molecule has 2 aromatic rings. The van der Waals surface area contributed by atoms with Crippen molar-refractivity contribution in [2.45, 2.75) is 13.1 Å². The van der Waals surface area contributed by atoms with Crippen LogP contribution in [0, 0.1) is 0 Å². The molecule has 0 fully saturated rings. The molecule has 0 unspecified atom stereocenters. The minimum Gasteiger partial charge on any atom is -0.497 e. The molecular weight excluding hydrogens is 310 g/mol. The minimum absolute atomic E-state index is 0.325. The van der Waals surface area contributed by atoms with Crippen molar-refractivity contribution in [3.63, 3.8) is 0 Å². The molecule has 0 N–H and O–H groups in total. The van der Waals surface area contributed by atoms with Gasteiger partial charge in [-0.15, -0.1) is 0 Å². The predicted molar refractivity (Wildman–Crippen MR) is 93.6 cm³/mol. The Morgan fingerprint density at radius 1 is 1.00 bits per heavy atom. The van der Waals surface area contributed by atoms with E-state index in [9.17, 15) is 8.42 Å². The molecule has 0 aliphatic rings. The third-order valence-electron chi connectivity index (χ3n) is 3.56. The number of nitrogens with zero attached hydrogens (tertiary/aromatic N) is 1. The number of benzene rings is 2. The second kappa shape index (κ2) is 7.44. The molecule has 0 bridgehead atoms. The van der Waals surface area contributed by atoms with Crippen LogP contribution in [-0.2, 0) is 23.1 Å². The molecule has 2 aromatic carbocycles. The predicted octanol–water partition coefficient (Wildman–Crippen LogP) is 3.30. The first kappa shape index (κ1) is 17.2. The molecule has 0 spiro atoms. The van der Waals surface area contributed by atoms with Crippen LogP contribution in [0.3, 0.4) is 0 Å². The lowest BCUT2D eigenvalue weighted by Crippen LogP contribution is -2.29. The lowest BCUT2D eigenvalue weighted by Gasteiger charge is -2.20. The van der Waals surface area contributed by atoms with E-state index in [1.165, 1.54) is 10.6 Å². The van der Waals surface area contributed by atoms with Gasteiger partial charge in [0.2, 0.25) is 10.0 Å². The van der Waals surface area contributed by atoms with Crippen LogP contribution in [0.15, 0.2) is 55.1 Å². The molecule has 0 aliphatic heterocycles. The van der Waals surface area contributed by atoms with Crippen molar-refractivity contribution >= 4 is 16.1 Å². The van der Waals surface area contributed by atoms with Gasteiger partial charge in [-0.25, -0.2) is 8.42 Å². The zero-order chi connectivity index (χ0) is 16.9. The average molecular weight is 331 g/mol. The fourth-order valence-corrected chi connectivity index (χ4v) is 2.95. The molecule has 23 heavy (non-hydrogen) atoms. The molecule has 0 saturated heterocycles. The van der Waals surface area contributed by atoms with Crippen molar-refractivity contribution in [1.29, 1.82) is 0 Å². The zero-order valence-corrected chi connectivity index (χ0v) is 14.2. The topological polar surface area (TPSA) is 46.6 Å². The highest BCUT2D eigenvalue weighted by molar-refractivity contribution is 7.88. The van der Waals surface area contributed by atoms with Crippen LogP contribution in [0.25, 0.3) is 6.08 Å². The molecule has 0 heterocycles. The summed E-state index contributed by atoms with van der Waals surface area (Å²) >= 11 is 0. The standard InChI is InChI=1S/C18H21NO3S/c1-4-15-5-7-16(8-6-15)13-19(23(3,20)21)14-17-9-11-18(22-2)12-10-17/h4-12H,1,13-14H2,2-3H3. The van der Waals surface area contributed by atoms with Gasteiger partial charge in [-0.2, -0.15) is 4.31 Å². The van der Waals surface area contributed by atoms with Crippen molar-refractivity contribution in [3.05, 3.63) is 71.8 Å². The maximum atomic E-state index is 12.1. The van der Waals surface area contributed by atoms with E-state index in [1.807, 2.05) is 48.5 Å². The quantitative estimate of drug-likeness (QED) is 0.782. The van der Waals surface area contributed by atoms with Gasteiger partial charge in [0.25, 0.3) is 0 Å². The minimum atomic E-state index is -3.31. The fraction of sp³-hybridized carbons (Fsp3) is 0.222. The van der Waals surface area contributed by atoms with Crippen LogP contribution >= 0.6 is 0 Å². The van der Waals surface area contributed by atoms with Gasteiger partial charge in [0.15, 0.2) is 0 Å². The van der Waals surface area contributed by atoms with Crippen molar-refractivity contribution in [2.75, 3.05) is 13.4 Å². The van der Waals surface area contributed by atoms with Crippen molar-refractivity contribution < 1.29 is 13.2 Å². The summed E-state index contributed by atoms with van der Waals surface area (Å²) in [5.74, 6) is 0.750. The molecule has 0 aromatic heterocycles. The summed E-state index contributed by atoms with van der Waals surface area (Å²) in [6.45, 7) is 4.38. The largest absolute Gasteiger partial charge is 0.497 e. The lowest BCUT2D eigenvalue weighted by atomic mass is 10.1. The van der Waals surface area contributed by atoms with Crippen molar-refractivity contribution in [3.8, 4) is 5.75 Å². The summed E-state index contributed by atoms with van der Waals surface area (Å²) in [5, 5.41) is 0. The lowest BCUT2D eigenvalue weighted by molar-refractivity contribution is 0.402. The first-order valence-electron chi connectivity index (χ1n) is 7.22. The summed E-state index contributed by atoms with van der Waals surface area (Å²) in [6.07, 6.45) is 2.99. The third kappa shape index (κ3) is 4.94. The van der Waals surface area contributed by atoms with E-state index in [1.54, 1.807) is 13.2 Å². The summed E-state index contributed by atoms with van der Waals surface area (Å²) in [7, 11) is -1.71. The molecule has 0 saturated carbocycles. The zero-order valence-electron chi connectivity index (χ0n) is 13.4. The van der Waals surface area contributed by atoms with Crippen LogP contribution < -0.4 is 4.74 Å². The molecule has 122 valence electrons. The van der Waals surface area contributed by atoms with E-state index < -0.39 is 10.0 Å². The van der Waals surface area contributed by atoms with Gasteiger partial charge in [0, 0.05) is 13.1 Å². The maximum Gasteiger partial charge on any atom is 0.211 e. The second-order valence-corrected chi connectivity index (χ2v) is 7.31. The van der Waals surface area contributed by atoms with Gasteiger partial charge in [-0.1, -0.05) is 49.1 Å². The summed E-state index contributed by atoms with van der Waals surface area (Å²) in [6, 6.07) is 15.1. The van der Waals surface area contributed by atoms with Gasteiger partial charge in [0.05, 0.1) is 13.4 Å². The van der Waals surface area contributed by atoms with E-state index >= 15 is 0 Å². The molecule has 0 amide bonds. The van der Waals surface area contributed by atoms with Crippen LogP contribution in [-0.4, -0.2) is 26.1 Å². The normalized spacial score (nSPS) is 11.4. The van der Waals surface area contributed by atoms with Crippen LogP contribution in [0.1, 0.15) is 16.7 Å². The molecular formula is C18H21NO3S. The van der Waals surface area contributed by atoms with Crippen LogP contribution in [0.2, 0.25) is 0 Å². The number of hydrogen-bond donors (Lipinski definition) is 0. The third-order valence-corrected chi connectivity index (χ3v) is 4.76. The van der Waals surface area contributed by atoms with Crippen molar-refractivity contribution in [2.24, 2.45) is 0 Å². The van der Waals surface area contributed by atoms with Gasteiger partial charge in [0.1, 0.15) is 5.75 Å².